The van der Waals surface area contributed by atoms with Gasteiger partial charge in [-0.15, -0.1) is 0 Å². The van der Waals surface area contributed by atoms with Gasteiger partial charge >= 0.3 is 0 Å². The van der Waals surface area contributed by atoms with Gasteiger partial charge in [-0.05, 0) is 48.7 Å². The lowest BCUT2D eigenvalue weighted by molar-refractivity contribution is 0.102. The van der Waals surface area contributed by atoms with Gasteiger partial charge in [0.2, 0.25) is 0 Å². The number of hydrogen-bond donors (Lipinski definition) is 1. The van der Waals surface area contributed by atoms with E-state index in [0.29, 0.717) is 16.3 Å². The van der Waals surface area contributed by atoms with Gasteiger partial charge in [0.25, 0.3) is 5.91 Å². The summed E-state index contributed by atoms with van der Waals surface area (Å²) in [6.07, 6.45) is 0.984. The molecule has 0 radical (unpaired) electrons. The summed E-state index contributed by atoms with van der Waals surface area (Å²) in [6, 6.07) is 23.3. The molecule has 144 valence electrons. The van der Waals surface area contributed by atoms with Gasteiger partial charge < -0.3 is 5.32 Å². The quantitative estimate of drug-likeness (QED) is 0.415. The molecule has 29 heavy (non-hydrogen) atoms. The average Bonchev–Trinajstić information content (AvgIpc) is 2.75. The van der Waals surface area contributed by atoms with Crippen LogP contribution in [0.3, 0.4) is 0 Å². The van der Waals surface area contributed by atoms with Crippen LogP contribution in [0.15, 0.2) is 72.8 Å². The van der Waals surface area contributed by atoms with Crippen molar-refractivity contribution in [1.82, 2.24) is 4.98 Å². The van der Waals surface area contributed by atoms with E-state index in [1.165, 1.54) is 5.56 Å². The van der Waals surface area contributed by atoms with Crippen LogP contribution in [-0.4, -0.2) is 10.9 Å². The Hall–Kier alpha value is -3.17. The third kappa shape index (κ3) is 4.01. The number of nitrogens with zero attached hydrogens (tertiary/aromatic N) is 1. The summed E-state index contributed by atoms with van der Waals surface area (Å²) in [5.41, 5.74) is 6.07. The summed E-state index contributed by atoms with van der Waals surface area (Å²) < 4.78 is 0. The van der Waals surface area contributed by atoms with Crippen LogP contribution in [0.25, 0.3) is 22.2 Å². The molecular weight excluding hydrogens is 380 g/mol. The Kier molecular flexibility index (Phi) is 5.32. The third-order valence-electron chi connectivity index (χ3n) is 5.07. The first-order chi connectivity index (χ1) is 14.0. The monoisotopic (exact) mass is 400 g/mol. The fraction of sp³-hybridized carbons (Fsp3) is 0.120. The second-order valence-corrected chi connectivity index (χ2v) is 7.47. The first-order valence-electron chi connectivity index (χ1n) is 9.62. The van der Waals surface area contributed by atoms with Gasteiger partial charge in [-0.2, -0.15) is 0 Å². The maximum atomic E-state index is 13.2. The summed E-state index contributed by atoms with van der Waals surface area (Å²) in [7, 11) is 0. The summed E-state index contributed by atoms with van der Waals surface area (Å²) in [4.78, 5) is 18.0. The lowest BCUT2D eigenvalue weighted by Crippen LogP contribution is -2.14. The minimum absolute atomic E-state index is 0.180. The predicted octanol–water partition coefficient (Wildman–Crippen LogP) is 6.68. The Morgan fingerprint density at radius 3 is 2.52 bits per heavy atom. The van der Waals surface area contributed by atoms with Crippen LogP contribution in [0.5, 0.6) is 0 Å². The van der Waals surface area contributed by atoms with Crippen LogP contribution >= 0.6 is 11.6 Å². The second-order valence-electron chi connectivity index (χ2n) is 7.04. The van der Waals surface area contributed by atoms with Gasteiger partial charge in [-0.25, -0.2) is 4.98 Å². The van der Waals surface area contributed by atoms with Crippen LogP contribution < -0.4 is 5.32 Å². The van der Waals surface area contributed by atoms with Gasteiger partial charge in [-0.1, -0.05) is 67.1 Å². The maximum absolute atomic E-state index is 13.2. The van der Waals surface area contributed by atoms with E-state index >= 15 is 0 Å². The molecule has 1 amide bonds. The Morgan fingerprint density at radius 2 is 1.76 bits per heavy atom. The van der Waals surface area contributed by atoms with Crippen molar-refractivity contribution in [3.63, 3.8) is 0 Å². The molecule has 0 atom stereocenters. The number of aromatic nitrogens is 1. The number of pyridine rings is 1. The number of carbonyl (C=O) groups is 1. The second kappa shape index (κ2) is 8.06. The first-order valence-corrected chi connectivity index (χ1v) is 9.99. The SMILES string of the molecule is CCc1ccc(-c2cc(C(=O)Nc3cc(Cl)ccc3C)c3ccccc3n2)cc1. The fourth-order valence-corrected chi connectivity index (χ4v) is 3.51. The standard InChI is InChI=1S/C25H21ClN2O/c1-3-17-9-11-18(12-10-17)24-15-21(20-6-4-5-7-22(20)27-24)25(29)28-23-14-19(26)13-8-16(23)2/h4-15H,3H2,1-2H3,(H,28,29). The van der Waals surface area contributed by atoms with Crippen molar-refractivity contribution in [2.75, 3.05) is 5.32 Å². The van der Waals surface area contributed by atoms with Crippen LogP contribution in [0, 0.1) is 6.92 Å². The Balaban J connectivity index is 1.79. The highest BCUT2D eigenvalue weighted by molar-refractivity contribution is 6.31. The van der Waals surface area contributed by atoms with E-state index < -0.39 is 0 Å². The van der Waals surface area contributed by atoms with E-state index in [0.717, 1.165) is 34.1 Å². The minimum atomic E-state index is -0.180. The van der Waals surface area contributed by atoms with Crippen molar-refractivity contribution in [1.29, 1.82) is 0 Å². The van der Waals surface area contributed by atoms with Crippen molar-refractivity contribution < 1.29 is 4.79 Å². The maximum Gasteiger partial charge on any atom is 0.256 e. The molecule has 3 nitrogen and oxygen atoms in total. The number of para-hydroxylation sites is 1. The molecule has 0 aliphatic heterocycles. The number of rotatable bonds is 4. The van der Waals surface area contributed by atoms with Crippen molar-refractivity contribution in [2.24, 2.45) is 0 Å². The van der Waals surface area contributed by atoms with Crippen molar-refractivity contribution in [3.05, 3.63) is 94.5 Å². The molecule has 0 aliphatic rings. The number of carbonyl (C=O) groups excluding carboxylic acids is 1. The van der Waals surface area contributed by atoms with Crippen molar-refractivity contribution in [3.8, 4) is 11.3 Å². The Labute approximate surface area is 175 Å². The largest absolute Gasteiger partial charge is 0.322 e. The number of halogens is 1. The molecule has 1 heterocycles. The summed E-state index contributed by atoms with van der Waals surface area (Å²) in [6.45, 7) is 4.07. The number of fused-ring (bicyclic) bond motifs is 1. The molecule has 0 aliphatic carbocycles. The van der Waals surface area contributed by atoms with Gasteiger partial charge in [0.05, 0.1) is 16.8 Å². The zero-order valence-electron chi connectivity index (χ0n) is 16.4. The normalized spacial score (nSPS) is 10.9. The number of nitrogens with one attached hydrogen (secondary N) is 1. The highest BCUT2D eigenvalue weighted by atomic mass is 35.5. The molecule has 1 N–H and O–H groups in total. The summed E-state index contributed by atoms with van der Waals surface area (Å²) in [5.74, 6) is -0.180. The Bertz CT molecular complexity index is 1200. The first kappa shape index (κ1) is 19.2. The molecule has 1 aromatic heterocycles. The third-order valence-corrected chi connectivity index (χ3v) is 5.30. The van der Waals surface area contributed by atoms with E-state index in [9.17, 15) is 4.79 Å². The molecular formula is C25H21ClN2O. The zero-order chi connectivity index (χ0) is 20.4. The van der Waals surface area contributed by atoms with Crippen molar-refractivity contribution in [2.45, 2.75) is 20.3 Å². The van der Waals surface area contributed by atoms with Crippen LogP contribution in [0.4, 0.5) is 5.69 Å². The van der Waals surface area contributed by atoms with Crippen LogP contribution in [0.1, 0.15) is 28.4 Å². The van der Waals surface area contributed by atoms with E-state index in [-0.39, 0.29) is 5.91 Å². The molecule has 4 heteroatoms. The molecule has 0 saturated carbocycles. The number of anilines is 1. The van der Waals surface area contributed by atoms with E-state index in [1.54, 1.807) is 6.07 Å². The number of amides is 1. The molecule has 0 spiro atoms. The van der Waals surface area contributed by atoms with Gasteiger partial charge in [-0.3, -0.25) is 4.79 Å². The number of benzene rings is 3. The van der Waals surface area contributed by atoms with Crippen LogP contribution in [0.2, 0.25) is 5.02 Å². The van der Waals surface area contributed by atoms with E-state index in [4.69, 9.17) is 16.6 Å². The lowest BCUT2D eigenvalue weighted by atomic mass is 10.0. The van der Waals surface area contributed by atoms with Gasteiger partial charge in [0, 0.05) is 21.7 Å². The van der Waals surface area contributed by atoms with E-state index in [2.05, 4.69) is 36.5 Å². The molecule has 0 saturated heterocycles. The van der Waals surface area contributed by atoms with Crippen molar-refractivity contribution >= 4 is 34.1 Å². The predicted molar refractivity (Wildman–Crippen MR) is 121 cm³/mol. The van der Waals surface area contributed by atoms with Gasteiger partial charge in [0.1, 0.15) is 0 Å². The molecule has 4 rings (SSSR count). The number of hydrogen-bond acceptors (Lipinski definition) is 2. The minimum Gasteiger partial charge on any atom is -0.322 e. The number of aryl methyl sites for hydroxylation is 2. The fourth-order valence-electron chi connectivity index (χ4n) is 3.34. The zero-order valence-corrected chi connectivity index (χ0v) is 17.1. The topological polar surface area (TPSA) is 42.0 Å². The lowest BCUT2D eigenvalue weighted by Gasteiger charge is -2.12. The van der Waals surface area contributed by atoms with Crippen LogP contribution in [-0.2, 0) is 6.42 Å². The summed E-state index contributed by atoms with van der Waals surface area (Å²) in [5, 5.41) is 4.41. The smallest absolute Gasteiger partial charge is 0.256 e. The Morgan fingerprint density at radius 1 is 1.00 bits per heavy atom. The average molecular weight is 401 g/mol. The highest BCUT2D eigenvalue weighted by Gasteiger charge is 2.15. The molecule has 0 fully saturated rings. The summed E-state index contributed by atoms with van der Waals surface area (Å²) >= 11 is 6.11. The molecule has 0 bridgehead atoms. The van der Waals surface area contributed by atoms with E-state index in [1.807, 2.05) is 49.4 Å². The highest BCUT2D eigenvalue weighted by Crippen LogP contribution is 2.27. The molecule has 0 unspecified atom stereocenters. The molecule has 3 aromatic carbocycles. The molecule has 4 aromatic rings. The van der Waals surface area contributed by atoms with Gasteiger partial charge in [0.15, 0.2) is 0 Å².